The Hall–Kier alpha value is -2.93. The molecular formula is C16H13N3O3S. The maximum Gasteiger partial charge on any atom is 0.259 e. The van der Waals surface area contributed by atoms with Crippen LogP contribution >= 0.6 is 11.3 Å². The summed E-state index contributed by atoms with van der Waals surface area (Å²) in [6.07, 6.45) is 3.08. The molecule has 3 aromatic rings. The smallest absolute Gasteiger partial charge is 0.259 e. The SMILES string of the molecule is Cc1occc1C(=O)Nc1cccc(C(=O)Nc2nccs2)c1. The molecule has 0 fully saturated rings. The Morgan fingerprint density at radius 3 is 2.74 bits per heavy atom. The van der Waals surface area contributed by atoms with Crippen molar-refractivity contribution >= 4 is 34.0 Å². The number of hydrogen-bond acceptors (Lipinski definition) is 5. The van der Waals surface area contributed by atoms with Gasteiger partial charge in [0, 0.05) is 22.8 Å². The topological polar surface area (TPSA) is 84.2 Å². The fraction of sp³-hybridized carbons (Fsp3) is 0.0625. The fourth-order valence-corrected chi connectivity index (χ4v) is 2.54. The van der Waals surface area contributed by atoms with Crippen molar-refractivity contribution in [3.8, 4) is 0 Å². The number of benzene rings is 1. The number of rotatable bonds is 4. The number of aromatic nitrogens is 1. The van der Waals surface area contributed by atoms with E-state index in [1.54, 1.807) is 48.8 Å². The van der Waals surface area contributed by atoms with E-state index in [-0.39, 0.29) is 11.8 Å². The lowest BCUT2D eigenvalue weighted by Crippen LogP contribution is -2.14. The normalized spacial score (nSPS) is 10.3. The Morgan fingerprint density at radius 1 is 1.17 bits per heavy atom. The van der Waals surface area contributed by atoms with Gasteiger partial charge in [-0.25, -0.2) is 4.98 Å². The number of nitrogens with zero attached hydrogens (tertiary/aromatic N) is 1. The Kier molecular flexibility index (Phi) is 4.20. The summed E-state index contributed by atoms with van der Waals surface area (Å²) in [5, 5.41) is 7.75. The summed E-state index contributed by atoms with van der Waals surface area (Å²) in [4.78, 5) is 28.3. The third-order valence-electron chi connectivity index (χ3n) is 3.14. The molecule has 23 heavy (non-hydrogen) atoms. The first kappa shape index (κ1) is 15.0. The quantitative estimate of drug-likeness (QED) is 0.767. The Labute approximate surface area is 136 Å². The number of hydrogen-bond donors (Lipinski definition) is 2. The van der Waals surface area contributed by atoms with Gasteiger partial charge < -0.3 is 9.73 Å². The van der Waals surface area contributed by atoms with Gasteiger partial charge in [0.05, 0.1) is 11.8 Å². The lowest BCUT2D eigenvalue weighted by atomic mass is 10.1. The minimum atomic E-state index is -0.284. The van der Waals surface area contributed by atoms with Crippen LogP contribution in [0, 0.1) is 6.92 Å². The molecule has 2 aromatic heterocycles. The predicted octanol–water partition coefficient (Wildman–Crippen LogP) is 3.55. The molecule has 2 N–H and O–H groups in total. The molecule has 0 atom stereocenters. The lowest BCUT2D eigenvalue weighted by molar-refractivity contribution is 0.101. The monoisotopic (exact) mass is 327 g/mol. The van der Waals surface area contributed by atoms with Crippen molar-refractivity contribution < 1.29 is 14.0 Å². The molecule has 0 aliphatic rings. The maximum atomic E-state index is 12.2. The molecule has 0 aliphatic carbocycles. The molecule has 0 radical (unpaired) electrons. The van der Waals surface area contributed by atoms with Crippen LogP contribution in [0.4, 0.5) is 10.8 Å². The Balaban J connectivity index is 1.73. The van der Waals surface area contributed by atoms with Gasteiger partial charge in [-0.2, -0.15) is 0 Å². The summed E-state index contributed by atoms with van der Waals surface area (Å²) < 4.78 is 5.11. The summed E-state index contributed by atoms with van der Waals surface area (Å²) in [5.74, 6) is -0.0237. The van der Waals surface area contributed by atoms with E-state index in [0.717, 1.165) is 0 Å². The van der Waals surface area contributed by atoms with Crippen LogP contribution in [-0.2, 0) is 0 Å². The van der Waals surface area contributed by atoms with E-state index in [0.29, 0.717) is 27.7 Å². The summed E-state index contributed by atoms with van der Waals surface area (Å²) >= 11 is 1.34. The van der Waals surface area contributed by atoms with Gasteiger partial charge in [-0.05, 0) is 31.2 Å². The molecule has 0 saturated carbocycles. The summed E-state index contributed by atoms with van der Waals surface area (Å²) in [5.41, 5.74) is 1.42. The zero-order valence-corrected chi connectivity index (χ0v) is 13.0. The first-order valence-corrected chi connectivity index (χ1v) is 7.68. The number of nitrogens with one attached hydrogen (secondary N) is 2. The summed E-state index contributed by atoms with van der Waals surface area (Å²) in [6.45, 7) is 1.72. The van der Waals surface area contributed by atoms with E-state index < -0.39 is 0 Å². The lowest BCUT2D eigenvalue weighted by Gasteiger charge is -2.07. The van der Waals surface area contributed by atoms with Crippen LogP contribution in [0.5, 0.6) is 0 Å². The molecule has 0 saturated heterocycles. The van der Waals surface area contributed by atoms with E-state index in [9.17, 15) is 9.59 Å². The highest BCUT2D eigenvalue weighted by atomic mass is 32.1. The first-order valence-electron chi connectivity index (χ1n) is 6.80. The second-order valence-electron chi connectivity index (χ2n) is 4.72. The highest BCUT2D eigenvalue weighted by Gasteiger charge is 2.13. The van der Waals surface area contributed by atoms with Gasteiger partial charge in [0.2, 0.25) is 0 Å². The van der Waals surface area contributed by atoms with E-state index in [1.807, 2.05) is 0 Å². The van der Waals surface area contributed by atoms with Crippen LogP contribution < -0.4 is 10.6 Å². The van der Waals surface area contributed by atoms with Gasteiger partial charge in [0.25, 0.3) is 11.8 Å². The number of amides is 2. The average molecular weight is 327 g/mol. The van der Waals surface area contributed by atoms with Gasteiger partial charge in [0.15, 0.2) is 5.13 Å². The molecule has 116 valence electrons. The number of furan rings is 1. The van der Waals surface area contributed by atoms with Crippen molar-refractivity contribution in [3.63, 3.8) is 0 Å². The van der Waals surface area contributed by atoms with E-state index in [4.69, 9.17) is 4.42 Å². The number of carbonyl (C=O) groups excluding carboxylic acids is 2. The first-order chi connectivity index (χ1) is 11.1. The van der Waals surface area contributed by atoms with E-state index in [2.05, 4.69) is 15.6 Å². The van der Waals surface area contributed by atoms with Crippen molar-refractivity contribution in [2.45, 2.75) is 6.92 Å². The van der Waals surface area contributed by atoms with Gasteiger partial charge in [-0.3, -0.25) is 14.9 Å². The number of aryl methyl sites for hydroxylation is 1. The maximum absolute atomic E-state index is 12.2. The molecule has 6 nitrogen and oxygen atoms in total. The van der Waals surface area contributed by atoms with E-state index >= 15 is 0 Å². The van der Waals surface area contributed by atoms with Crippen LogP contribution in [0.1, 0.15) is 26.5 Å². The van der Waals surface area contributed by atoms with Crippen LogP contribution in [0.25, 0.3) is 0 Å². The number of carbonyl (C=O) groups is 2. The van der Waals surface area contributed by atoms with Gasteiger partial charge in [-0.1, -0.05) is 6.07 Å². The third-order valence-corrected chi connectivity index (χ3v) is 3.83. The third kappa shape index (κ3) is 3.46. The molecule has 0 bridgehead atoms. The second kappa shape index (κ2) is 6.45. The summed E-state index contributed by atoms with van der Waals surface area (Å²) in [7, 11) is 0. The van der Waals surface area contributed by atoms with Crippen molar-refractivity contribution in [3.05, 3.63) is 65.1 Å². The zero-order valence-electron chi connectivity index (χ0n) is 12.2. The highest BCUT2D eigenvalue weighted by Crippen LogP contribution is 2.17. The average Bonchev–Trinajstić information content (AvgIpc) is 3.19. The van der Waals surface area contributed by atoms with Crippen molar-refractivity contribution in [1.82, 2.24) is 4.98 Å². The zero-order chi connectivity index (χ0) is 16.2. The van der Waals surface area contributed by atoms with Crippen LogP contribution in [-0.4, -0.2) is 16.8 Å². The highest BCUT2D eigenvalue weighted by molar-refractivity contribution is 7.13. The minimum absolute atomic E-state index is 0.282. The molecule has 1 aromatic carbocycles. The van der Waals surface area contributed by atoms with E-state index in [1.165, 1.54) is 17.6 Å². The minimum Gasteiger partial charge on any atom is -0.469 e. The molecule has 3 rings (SSSR count). The van der Waals surface area contributed by atoms with Crippen molar-refractivity contribution in [2.75, 3.05) is 10.6 Å². The summed E-state index contributed by atoms with van der Waals surface area (Å²) in [6, 6.07) is 8.30. The number of anilines is 2. The predicted molar refractivity (Wildman–Crippen MR) is 87.9 cm³/mol. The van der Waals surface area contributed by atoms with Gasteiger partial charge in [0.1, 0.15) is 5.76 Å². The van der Waals surface area contributed by atoms with Crippen LogP contribution in [0.3, 0.4) is 0 Å². The fourth-order valence-electron chi connectivity index (χ4n) is 2.01. The molecule has 0 spiro atoms. The van der Waals surface area contributed by atoms with Crippen molar-refractivity contribution in [1.29, 1.82) is 0 Å². The Morgan fingerprint density at radius 2 is 2.04 bits per heavy atom. The van der Waals surface area contributed by atoms with Crippen molar-refractivity contribution in [2.24, 2.45) is 0 Å². The Bertz CT molecular complexity index is 840. The molecule has 0 aliphatic heterocycles. The molecule has 0 unspecified atom stereocenters. The van der Waals surface area contributed by atoms with Crippen LogP contribution in [0.2, 0.25) is 0 Å². The standard InChI is InChI=1S/C16H13N3O3S/c1-10-13(5-7-22-10)15(21)18-12-4-2-3-11(9-12)14(20)19-16-17-6-8-23-16/h2-9H,1H3,(H,18,21)(H,17,19,20). The van der Waals surface area contributed by atoms with Gasteiger partial charge in [-0.15, -0.1) is 11.3 Å². The van der Waals surface area contributed by atoms with Gasteiger partial charge >= 0.3 is 0 Å². The molecule has 2 heterocycles. The molecular weight excluding hydrogens is 314 g/mol. The largest absolute Gasteiger partial charge is 0.469 e. The second-order valence-corrected chi connectivity index (χ2v) is 5.61. The van der Waals surface area contributed by atoms with Crippen LogP contribution in [0.15, 0.2) is 52.6 Å². The molecule has 7 heteroatoms. The number of thiazole rings is 1. The molecule has 2 amide bonds.